The fourth-order valence-electron chi connectivity index (χ4n) is 16.0. The minimum absolute atomic E-state index is 0.871. The summed E-state index contributed by atoms with van der Waals surface area (Å²) in [6.07, 6.45) is 0. The van der Waals surface area contributed by atoms with Crippen LogP contribution in [0, 0.1) is 0 Å². The van der Waals surface area contributed by atoms with Crippen molar-refractivity contribution in [3.63, 3.8) is 0 Å². The monoisotopic (exact) mass is 1380 g/mol. The molecule has 108 heavy (non-hydrogen) atoms. The summed E-state index contributed by atoms with van der Waals surface area (Å²) in [4.78, 5) is 4.78. The van der Waals surface area contributed by atoms with Crippen molar-refractivity contribution in [2.45, 2.75) is 0 Å². The van der Waals surface area contributed by atoms with Crippen LogP contribution in [0.1, 0.15) is 0 Å². The van der Waals surface area contributed by atoms with Gasteiger partial charge in [-0.05, 0) is 238 Å². The van der Waals surface area contributed by atoms with Crippen LogP contribution in [0.2, 0.25) is 0 Å². The molecular formula is C104H68N2O2. The van der Waals surface area contributed by atoms with Gasteiger partial charge >= 0.3 is 0 Å². The predicted octanol–water partition coefficient (Wildman–Crippen LogP) is 29.7. The summed E-state index contributed by atoms with van der Waals surface area (Å²) in [7, 11) is 0. The fraction of sp³-hybridized carbons (Fsp3) is 0. The Kier molecular flexibility index (Phi) is 15.9. The van der Waals surface area contributed by atoms with Gasteiger partial charge in [0.25, 0.3) is 0 Å². The summed E-state index contributed by atoms with van der Waals surface area (Å²) < 4.78 is 12.8. The molecule has 0 aliphatic carbocycles. The van der Waals surface area contributed by atoms with E-state index in [4.69, 9.17) is 8.83 Å². The Hall–Kier alpha value is -14.3. The molecule has 0 N–H and O–H groups in total. The van der Waals surface area contributed by atoms with E-state index in [0.717, 1.165) is 150 Å². The summed E-state index contributed by atoms with van der Waals surface area (Å²) in [5.41, 5.74) is 30.6. The van der Waals surface area contributed by atoms with Gasteiger partial charge in [0.1, 0.15) is 22.3 Å². The molecule has 18 aromatic carbocycles. The maximum absolute atomic E-state index is 6.44. The molecule has 0 amide bonds. The van der Waals surface area contributed by atoms with Gasteiger partial charge in [-0.15, -0.1) is 0 Å². The van der Waals surface area contributed by atoms with Crippen LogP contribution in [0.5, 0.6) is 0 Å². The Labute approximate surface area is 626 Å². The van der Waals surface area contributed by atoms with Crippen molar-refractivity contribution in [2.75, 3.05) is 9.80 Å². The van der Waals surface area contributed by atoms with Crippen molar-refractivity contribution in [3.05, 3.63) is 413 Å². The molecule has 2 aromatic heterocycles. The van der Waals surface area contributed by atoms with E-state index in [9.17, 15) is 0 Å². The Balaban J connectivity index is 0.597. The second-order valence-corrected chi connectivity index (χ2v) is 27.9. The lowest BCUT2D eigenvalue weighted by Crippen LogP contribution is -2.11. The highest BCUT2D eigenvalue weighted by Crippen LogP contribution is 2.48. The highest BCUT2D eigenvalue weighted by atomic mass is 16.3. The molecular weight excluding hydrogens is 1310 g/mol. The zero-order valence-corrected chi connectivity index (χ0v) is 59.0. The molecule has 506 valence electrons. The van der Waals surface area contributed by atoms with Gasteiger partial charge in [-0.1, -0.05) is 285 Å². The molecule has 0 bridgehead atoms. The molecule has 0 spiro atoms. The molecule has 20 rings (SSSR count). The number of anilines is 6. The van der Waals surface area contributed by atoms with Gasteiger partial charge in [-0.25, -0.2) is 0 Å². The smallest absolute Gasteiger partial charge is 0.136 e. The lowest BCUT2D eigenvalue weighted by atomic mass is 9.94. The van der Waals surface area contributed by atoms with Crippen LogP contribution in [0.3, 0.4) is 0 Å². The third-order valence-corrected chi connectivity index (χ3v) is 21.5. The molecule has 0 saturated heterocycles. The first-order valence-corrected chi connectivity index (χ1v) is 36.9. The predicted molar refractivity (Wildman–Crippen MR) is 454 cm³/mol. The van der Waals surface area contributed by atoms with E-state index in [-0.39, 0.29) is 0 Å². The number of para-hydroxylation sites is 4. The van der Waals surface area contributed by atoms with Crippen LogP contribution < -0.4 is 9.80 Å². The summed E-state index contributed by atoms with van der Waals surface area (Å²) >= 11 is 0. The van der Waals surface area contributed by atoms with Crippen LogP contribution in [-0.2, 0) is 0 Å². The molecule has 0 radical (unpaired) electrons. The standard InChI is InChI=1S/C104H68N2O2/c1-2-18-69(19-3-1)71-44-53-90(54-45-71)106(99-34-11-7-29-93(99)95-32-17-37-103-104(95)96-31-9-13-36-101(96)108-103)91-59-50-74(51-60-91)79-24-16-27-82(64-79)85-43-40-75-39-42-84(66-87(75)67-85)81-26-15-23-78(63-81)73-48-57-89(58-49-73)105(98-33-10-6-28-92(98)86-52-61-102-97(68-86)94-30-8-12-35-100(94)107-102)88-55-46-72(47-56-88)77-22-14-25-80(62-77)83-41-38-70-20-4-5-21-76(70)65-83/h1-68H. The first-order valence-electron chi connectivity index (χ1n) is 36.9. The van der Waals surface area contributed by atoms with Crippen molar-refractivity contribution < 1.29 is 8.83 Å². The summed E-state index contributed by atoms with van der Waals surface area (Å²) in [5.74, 6) is 0. The van der Waals surface area contributed by atoms with Crippen molar-refractivity contribution in [3.8, 4) is 100 Å². The van der Waals surface area contributed by atoms with Crippen LogP contribution in [0.25, 0.3) is 166 Å². The molecule has 20 aromatic rings. The molecule has 0 unspecified atom stereocenters. The van der Waals surface area contributed by atoms with Crippen LogP contribution in [0.15, 0.2) is 421 Å². The summed E-state index contributed by atoms with van der Waals surface area (Å²) in [5, 5.41) is 9.27. The quantitative estimate of drug-likeness (QED) is 0.102. The highest BCUT2D eigenvalue weighted by molar-refractivity contribution is 6.14. The van der Waals surface area contributed by atoms with Gasteiger partial charge in [0.15, 0.2) is 0 Å². The molecule has 0 aliphatic heterocycles. The van der Waals surface area contributed by atoms with Crippen molar-refractivity contribution in [1.29, 1.82) is 0 Å². The SMILES string of the molecule is c1ccc(-c2ccc(N(c3ccc(-c4cccc(-c5ccc6ccc(-c7cccc(-c8ccc(N(c9ccc(-c%10cccc(-c%11ccc%12ccccc%12c%11)c%10)cc9)c9ccccc9-c9ccc%10oc%11ccccc%11c%10c9)cc8)c7)cc6c5)c4)cc3)c3ccccc3-c3cccc4oc5ccccc5c34)cc2)cc1. The third kappa shape index (κ3) is 11.8. The summed E-state index contributed by atoms with van der Waals surface area (Å²) in [6.45, 7) is 0. The Morgan fingerprint density at radius 3 is 1.03 bits per heavy atom. The number of hydrogen-bond donors (Lipinski definition) is 0. The van der Waals surface area contributed by atoms with Gasteiger partial charge in [-0.2, -0.15) is 0 Å². The number of fused-ring (bicyclic) bond motifs is 8. The van der Waals surface area contributed by atoms with E-state index in [0.29, 0.717) is 0 Å². The fourth-order valence-corrected chi connectivity index (χ4v) is 16.0. The number of rotatable bonds is 15. The van der Waals surface area contributed by atoms with E-state index in [1.165, 1.54) is 49.4 Å². The van der Waals surface area contributed by atoms with E-state index in [2.05, 4.69) is 404 Å². The number of furan rings is 2. The third-order valence-electron chi connectivity index (χ3n) is 21.5. The number of benzene rings is 18. The van der Waals surface area contributed by atoms with E-state index >= 15 is 0 Å². The first-order chi connectivity index (χ1) is 53.5. The average molecular weight is 1380 g/mol. The Morgan fingerprint density at radius 1 is 0.157 bits per heavy atom. The molecule has 4 heteroatoms. The maximum Gasteiger partial charge on any atom is 0.136 e. The lowest BCUT2D eigenvalue weighted by molar-refractivity contribution is 0.668. The first kappa shape index (κ1) is 63.4. The second kappa shape index (κ2) is 27.1. The maximum atomic E-state index is 6.44. The topological polar surface area (TPSA) is 32.8 Å². The van der Waals surface area contributed by atoms with Gasteiger partial charge in [0, 0.05) is 55.4 Å². The largest absolute Gasteiger partial charge is 0.456 e. The number of hydrogen-bond acceptors (Lipinski definition) is 4. The van der Waals surface area contributed by atoms with Gasteiger partial charge in [0.05, 0.1) is 11.4 Å². The minimum atomic E-state index is 0.871. The van der Waals surface area contributed by atoms with E-state index < -0.39 is 0 Å². The lowest BCUT2D eigenvalue weighted by Gasteiger charge is -2.28. The minimum Gasteiger partial charge on any atom is -0.456 e. The van der Waals surface area contributed by atoms with E-state index in [1.807, 2.05) is 18.2 Å². The van der Waals surface area contributed by atoms with Crippen molar-refractivity contribution >= 4 is 99.5 Å². The van der Waals surface area contributed by atoms with Gasteiger partial charge in [0.2, 0.25) is 0 Å². The molecule has 0 aliphatic rings. The molecule has 2 heterocycles. The zero-order valence-electron chi connectivity index (χ0n) is 59.0. The van der Waals surface area contributed by atoms with E-state index in [1.54, 1.807) is 0 Å². The number of nitrogens with zero attached hydrogens (tertiary/aromatic N) is 2. The van der Waals surface area contributed by atoms with Crippen molar-refractivity contribution in [1.82, 2.24) is 0 Å². The average Bonchev–Trinajstić information content (AvgIpc) is 1.63. The summed E-state index contributed by atoms with van der Waals surface area (Å²) in [6, 6.07) is 150. The van der Waals surface area contributed by atoms with Crippen molar-refractivity contribution in [2.24, 2.45) is 0 Å². The highest BCUT2D eigenvalue weighted by Gasteiger charge is 2.23. The van der Waals surface area contributed by atoms with Crippen LogP contribution in [-0.4, -0.2) is 0 Å². The van der Waals surface area contributed by atoms with Crippen LogP contribution >= 0.6 is 0 Å². The zero-order chi connectivity index (χ0) is 71.4. The molecule has 0 fully saturated rings. The van der Waals surface area contributed by atoms with Crippen LogP contribution in [0.4, 0.5) is 34.1 Å². The molecule has 4 nitrogen and oxygen atoms in total. The normalized spacial score (nSPS) is 11.5. The van der Waals surface area contributed by atoms with Gasteiger partial charge < -0.3 is 18.6 Å². The molecule has 0 atom stereocenters. The Morgan fingerprint density at radius 2 is 0.481 bits per heavy atom. The Bertz CT molecular complexity index is 6790. The van der Waals surface area contributed by atoms with Gasteiger partial charge in [-0.3, -0.25) is 0 Å². The molecule has 0 saturated carbocycles. The second-order valence-electron chi connectivity index (χ2n) is 27.9.